The predicted octanol–water partition coefficient (Wildman–Crippen LogP) is 2.75. The van der Waals surface area contributed by atoms with E-state index in [1.54, 1.807) is 0 Å². The lowest BCUT2D eigenvalue weighted by molar-refractivity contribution is -0.137. The van der Waals surface area contributed by atoms with E-state index in [4.69, 9.17) is 11.0 Å². The van der Waals surface area contributed by atoms with Gasteiger partial charge in [-0.25, -0.2) is 0 Å². The lowest BCUT2D eigenvalue weighted by Gasteiger charge is -2.24. The summed E-state index contributed by atoms with van der Waals surface area (Å²) in [4.78, 5) is 1.94. The Kier molecular flexibility index (Phi) is 3.65. The molecule has 0 saturated carbocycles. The van der Waals surface area contributed by atoms with Crippen molar-refractivity contribution < 1.29 is 13.2 Å². The minimum absolute atomic E-state index is 0.0462. The van der Waals surface area contributed by atoms with Crippen LogP contribution >= 0.6 is 0 Å². The highest BCUT2D eigenvalue weighted by atomic mass is 19.4. The van der Waals surface area contributed by atoms with Crippen LogP contribution in [0.1, 0.15) is 24.5 Å². The molecule has 0 spiro atoms. The molecular formula is C14H16F3N3. The zero-order valence-corrected chi connectivity index (χ0v) is 11.2. The quantitative estimate of drug-likeness (QED) is 0.908. The van der Waals surface area contributed by atoms with Crippen LogP contribution in [0.5, 0.6) is 0 Å². The smallest absolute Gasteiger partial charge is 0.370 e. The van der Waals surface area contributed by atoms with E-state index in [0.29, 0.717) is 25.3 Å². The molecule has 1 fully saturated rings. The third kappa shape index (κ3) is 2.73. The fourth-order valence-electron chi connectivity index (χ4n) is 2.47. The molecule has 1 aromatic carbocycles. The number of nitrogens with two attached hydrogens (primary N) is 1. The van der Waals surface area contributed by atoms with Crippen molar-refractivity contribution in [2.45, 2.75) is 19.5 Å². The van der Waals surface area contributed by atoms with Crippen LogP contribution in [0.2, 0.25) is 0 Å². The first-order valence-corrected chi connectivity index (χ1v) is 6.35. The van der Waals surface area contributed by atoms with E-state index in [1.165, 1.54) is 6.07 Å². The van der Waals surface area contributed by atoms with Crippen molar-refractivity contribution in [3.8, 4) is 6.07 Å². The molecule has 1 aliphatic rings. The van der Waals surface area contributed by atoms with Crippen LogP contribution in [0.25, 0.3) is 0 Å². The first-order valence-electron chi connectivity index (χ1n) is 6.35. The Morgan fingerprint density at radius 2 is 2.15 bits per heavy atom. The Morgan fingerprint density at radius 3 is 2.65 bits per heavy atom. The number of anilines is 1. The van der Waals surface area contributed by atoms with Gasteiger partial charge < -0.3 is 10.6 Å². The highest BCUT2D eigenvalue weighted by molar-refractivity contribution is 5.61. The van der Waals surface area contributed by atoms with Crippen LogP contribution in [-0.4, -0.2) is 19.6 Å². The van der Waals surface area contributed by atoms with Crippen molar-refractivity contribution in [1.82, 2.24) is 0 Å². The second kappa shape index (κ2) is 4.98. The van der Waals surface area contributed by atoms with Crippen LogP contribution in [0.15, 0.2) is 18.2 Å². The van der Waals surface area contributed by atoms with E-state index >= 15 is 0 Å². The number of halogens is 3. The minimum Gasteiger partial charge on any atom is -0.370 e. The summed E-state index contributed by atoms with van der Waals surface area (Å²) in [5.74, 6) is 0. The summed E-state index contributed by atoms with van der Waals surface area (Å²) >= 11 is 0. The molecule has 0 aromatic heterocycles. The van der Waals surface area contributed by atoms with Gasteiger partial charge in [0.05, 0.1) is 16.8 Å². The van der Waals surface area contributed by atoms with Gasteiger partial charge in [-0.05, 0) is 36.6 Å². The maximum Gasteiger partial charge on any atom is 0.416 e. The first kappa shape index (κ1) is 14.7. The van der Waals surface area contributed by atoms with Crippen LogP contribution < -0.4 is 10.6 Å². The van der Waals surface area contributed by atoms with Gasteiger partial charge in [0.15, 0.2) is 0 Å². The Balaban J connectivity index is 2.33. The maximum atomic E-state index is 12.7. The molecule has 1 heterocycles. The summed E-state index contributed by atoms with van der Waals surface area (Å²) < 4.78 is 38.0. The summed E-state index contributed by atoms with van der Waals surface area (Å²) in [6.45, 7) is 3.92. The van der Waals surface area contributed by atoms with Crippen molar-refractivity contribution in [3.05, 3.63) is 29.3 Å². The van der Waals surface area contributed by atoms with Gasteiger partial charge in [-0.3, -0.25) is 0 Å². The molecule has 1 saturated heterocycles. The number of nitriles is 1. The lowest BCUT2D eigenvalue weighted by Crippen LogP contribution is -2.31. The SMILES string of the molecule is CC1(CN)CCN(c2ccc(C(F)(F)F)cc2C#N)C1. The molecule has 1 aromatic rings. The molecule has 1 aliphatic heterocycles. The Morgan fingerprint density at radius 1 is 1.45 bits per heavy atom. The molecule has 3 nitrogen and oxygen atoms in total. The van der Waals surface area contributed by atoms with E-state index in [9.17, 15) is 13.2 Å². The molecule has 2 N–H and O–H groups in total. The van der Waals surface area contributed by atoms with Crippen LogP contribution in [-0.2, 0) is 6.18 Å². The average Bonchev–Trinajstić information content (AvgIpc) is 2.80. The van der Waals surface area contributed by atoms with Crippen molar-refractivity contribution in [2.75, 3.05) is 24.5 Å². The fourth-order valence-corrected chi connectivity index (χ4v) is 2.47. The van der Waals surface area contributed by atoms with Gasteiger partial charge in [-0.1, -0.05) is 6.92 Å². The highest BCUT2D eigenvalue weighted by Gasteiger charge is 2.35. The van der Waals surface area contributed by atoms with Gasteiger partial charge in [-0.15, -0.1) is 0 Å². The van der Waals surface area contributed by atoms with Gasteiger partial charge in [0, 0.05) is 13.1 Å². The maximum absolute atomic E-state index is 12.7. The Hall–Kier alpha value is -1.74. The van der Waals surface area contributed by atoms with Gasteiger partial charge >= 0.3 is 6.18 Å². The molecule has 2 rings (SSSR count). The summed E-state index contributed by atoms with van der Waals surface area (Å²) in [6, 6.07) is 5.17. The monoisotopic (exact) mass is 283 g/mol. The van der Waals surface area contributed by atoms with Crippen molar-refractivity contribution in [2.24, 2.45) is 11.1 Å². The van der Waals surface area contributed by atoms with E-state index in [2.05, 4.69) is 0 Å². The predicted molar refractivity (Wildman–Crippen MR) is 70.2 cm³/mol. The van der Waals surface area contributed by atoms with Gasteiger partial charge in [0.2, 0.25) is 0 Å². The van der Waals surface area contributed by atoms with Crippen molar-refractivity contribution in [1.29, 1.82) is 5.26 Å². The Labute approximate surface area is 115 Å². The minimum atomic E-state index is -4.43. The average molecular weight is 283 g/mol. The molecular weight excluding hydrogens is 267 g/mol. The summed E-state index contributed by atoms with van der Waals surface area (Å²) in [6.07, 6.45) is -3.56. The molecule has 20 heavy (non-hydrogen) atoms. The lowest BCUT2D eigenvalue weighted by atomic mass is 9.90. The third-order valence-corrected chi connectivity index (χ3v) is 3.84. The molecule has 0 radical (unpaired) electrons. The Bertz CT molecular complexity index is 548. The summed E-state index contributed by atoms with van der Waals surface area (Å²) in [5.41, 5.74) is 5.49. The largest absolute Gasteiger partial charge is 0.416 e. The zero-order chi connectivity index (χ0) is 15.0. The van der Waals surface area contributed by atoms with E-state index < -0.39 is 11.7 Å². The van der Waals surface area contributed by atoms with Gasteiger partial charge in [0.25, 0.3) is 0 Å². The zero-order valence-electron chi connectivity index (χ0n) is 11.2. The topological polar surface area (TPSA) is 53.0 Å². The number of nitrogens with zero attached hydrogens (tertiary/aromatic N) is 2. The molecule has 1 atom stereocenters. The number of alkyl halides is 3. The van der Waals surface area contributed by atoms with Gasteiger partial charge in [0.1, 0.15) is 6.07 Å². The third-order valence-electron chi connectivity index (χ3n) is 3.84. The second-order valence-electron chi connectivity index (χ2n) is 5.53. The van der Waals surface area contributed by atoms with Crippen LogP contribution in [0.4, 0.5) is 18.9 Å². The van der Waals surface area contributed by atoms with Crippen LogP contribution in [0.3, 0.4) is 0 Å². The first-order chi connectivity index (χ1) is 9.29. The van der Waals surface area contributed by atoms with E-state index in [0.717, 1.165) is 18.6 Å². The number of benzene rings is 1. The molecule has 108 valence electrons. The van der Waals surface area contributed by atoms with Crippen LogP contribution in [0, 0.1) is 16.7 Å². The van der Waals surface area contributed by atoms with Crippen molar-refractivity contribution in [3.63, 3.8) is 0 Å². The number of rotatable bonds is 2. The molecule has 1 unspecified atom stereocenters. The van der Waals surface area contributed by atoms with Crippen molar-refractivity contribution >= 4 is 5.69 Å². The van der Waals surface area contributed by atoms with E-state index in [-0.39, 0.29) is 11.0 Å². The normalized spacial score (nSPS) is 22.9. The number of hydrogen-bond donors (Lipinski definition) is 1. The molecule has 0 aliphatic carbocycles. The summed E-state index contributed by atoms with van der Waals surface area (Å²) in [7, 11) is 0. The standard InChI is InChI=1S/C14H16F3N3/c1-13(8-19)4-5-20(9-13)12-3-2-11(14(15,16)17)6-10(12)7-18/h2-3,6H,4-5,8-9,19H2,1H3. The summed E-state index contributed by atoms with van der Waals surface area (Å²) in [5, 5.41) is 9.09. The fraction of sp³-hybridized carbons (Fsp3) is 0.500. The van der Waals surface area contributed by atoms with E-state index in [1.807, 2.05) is 17.9 Å². The second-order valence-corrected chi connectivity index (χ2v) is 5.53. The number of hydrogen-bond acceptors (Lipinski definition) is 3. The highest BCUT2D eigenvalue weighted by Crippen LogP contribution is 2.36. The molecule has 6 heteroatoms. The molecule has 0 amide bonds. The van der Waals surface area contributed by atoms with Gasteiger partial charge in [-0.2, -0.15) is 18.4 Å². The molecule has 0 bridgehead atoms.